The summed E-state index contributed by atoms with van der Waals surface area (Å²) in [5.41, 5.74) is 5.66. The number of rotatable bonds is 2. The second-order valence-electron chi connectivity index (χ2n) is 4.93. The SMILES string of the molecule is CN(C(=O)[C@H](N)C(C)(C)C)c1ccccn1. The van der Waals surface area contributed by atoms with E-state index in [-0.39, 0.29) is 11.3 Å². The van der Waals surface area contributed by atoms with Crippen LogP contribution in [0.1, 0.15) is 20.8 Å². The van der Waals surface area contributed by atoms with Gasteiger partial charge in [-0.2, -0.15) is 0 Å². The number of nitrogens with zero attached hydrogens (tertiary/aromatic N) is 2. The molecule has 0 aromatic carbocycles. The maximum Gasteiger partial charge on any atom is 0.245 e. The molecule has 16 heavy (non-hydrogen) atoms. The van der Waals surface area contributed by atoms with Gasteiger partial charge in [0.1, 0.15) is 5.82 Å². The smallest absolute Gasteiger partial charge is 0.245 e. The minimum atomic E-state index is -0.528. The molecule has 0 bridgehead atoms. The Morgan fingerprint density at radius 3 is 2.50 bits per heavy atom. The number of likely N-dealkylation sites (N-methyl/N-ethyl adjacent to an activating group) is 1. The second-order valence-corrected chi connectivity index (χ2v) is 4.93. The molecule has 88 valence electrons. The van der Waals surface area contributed by atoms with Crippen molar-refractivity contribution in [2.45, 2.75) is 26.8 Å². The van der Waals surface area contributed by atoms with Gasteiger partial charge in [-0.05, 0) is 17.5 Å². The maximum absolute atomic E-state index is 12.1. The summed E-state index contributed by atoms with van der Waals surface area (Å²) in [4.78, 5) is 17.7. The Morgan fingerprint density at radius 1 is 1.44 bits per heavy atom. The van der Waals surface area contributed by atoms with Gasteiger partial charge in [0.2, 0.25) is 5.91 Å². The molecule has 4 nitrogen and oxygen atoms in total. The number of carbonyl (C=O) groups excluding carboxylic acids is 1. The van der Waals surface area contributed by atoms with Gasteiger partial charge in [-0.15, -0.1) is 0 Å². The third kappa shape index (κ3) is 2.79. The molecule has 0 aliphatic rings. The van der Waals surface area contributed by atoms with Crippen LogP contribution in [-0.4, -0.2) is 24.0 Å². The third-order valence-electron chi connectivity index (χ3n) is 2.52. The van der Waals surface area contributed by atoms with E-state index >= 15 is 0 Å². The zero-order chi connectivity index (χ0) is 12.3. The van der Waals surface area contributed by atoms with Gasteiger partial charge in [-0.25, -0.2) is 4.98 Å². The molecule has 1 amide bonds. The van der Waals surface area contributed by atoms with E-state index in [1.165, 1.54) is 4.90 Å². The Labute approximate surface area is 96.5 Å². The Bertz CT molecular complexity index is 356. The third-order valence-corrected chi connectivity index (χ3v) is 2.52. The predicted molar refractivity (Wildman–Crippen MR) is 65.1 cm³/mol. The van der Waals surface area contributed by atoms with Crippen LogP contribution in [0.2, 0.25) is 0 Å². The van der Waals surface area contributed by atoms with Crippen LogP contribution in [0.3, 0.4) is 0 Å². The summed E-state index contributed by atoms with van der Waals surface area (Å²) in [5, 5.41) is 0. The summed E-state index contributed by atoms with van der Waals surface area (Å²) in [7, 11) is 1.69. The number of hydrogen-bond donors (Lipinski definition) is 1. The quantitative estimate of drug-likeness (QED) is 0.821. The summed E-state index contributed by atoms with van der Waals surface area (Å²) in [5.74, 6) is 0.499. The van der Waals surface area contributed by atoms with Crippen LogP contribution in [-0.2, 0) is 4.79 Å². The van der Waals surface area contributed by atoms with Crippen LogP contribution >= 0.6 is 0 Å². The van der Waals surface area contributed by atoms with Crippen molar-refractivity contribution >= 4 is 11.7 Å². The van der Waals surface area contributed by atoms with Gasteiger partial charge in [-0.3, -0.25) is 9.69 Å². The highest BCUT2D eigenvalue weighted by atomic mass is 16.2. The summed E-state index contributed by atoms with van der Waals surface area (Å²) < 4.78 is 0. The maximum atomic E-state index is 12.1. The van der Waals surface area contributed by atoms with Gasteiger partial charge >= 0.3 is 0 Å². The molecule has 0 aliphatic carbocycles. The number of nitrogens with two attached hydrogens (primary N) is 1. The second kappa shape index (κ2) is 4.61. The number of anilines is 1. The average Bonchev–Trinajstić information content (AvgIpc) is 2.26. The van der Waals surface area contributed by atoms with Gasteiger partial charge in [-0.1, -0.05) is 26.8 Å². The van der Waals surface area contributed by atoms with E-state index in [0.717, 1.165) is 0 Å². The highest BCUT2D eigenvalue weighted by Gasteiger charge is 2.30. The summed E-state index contributed by atoms with van der Waals surface area (Å²) in [6, 6.07) is 4.91. The zero-order valence-corrected chi connectivity index (χ0v) is 10.3. The molecule has 1 atom stereocenters. The van der Waals surface area contributed by atoms with Crippen molar-refractivity contribution in [3.05, 3.63) is 24.4 Å². The highest BCUT2D eigenvalue weighted by Crippen LogP contribution is 2.20. The molecule has 1 heterocycles. The Kier molecular flexibility index (Phi) is 3.65. The van der Waals surface area contributed by atoms with Gasteiger partial charge in [0.15, 0.2) is 0 Å². The minimum absolute atomic E-state index is 0.119. The van der Waals surface area contributed by atoms with Crippen molar-refractivity contribution in [1.29, 1.82) is 0 Å². The first kappa shape index (κ1) is 12.6. The lowest BCUT2D eigenvalue weighted by Crippen LogP contribution is -2.49. The van der Waals surface area contributed by atoms with E-state index in [1.807, 2.05) is 32.9 Å². The fourth-order valence-electron chi connectivity index (χ4n) is 1.24. The monoisotopic (exact) mass is 221 g/mol. The van der Waals surface area contributed by atoms with E-state index in [2.05, 4.69) is 4.98 Å². The minimum Gasteiger partial charge on any atom is -0.319 e. The Balaban J connectivity index is 2.84. The van der Waals surface area contributed by atoms with Gasteiger partial charge in [0.25, 0.3) is 0 Å². The molecule has 4 heteroatoms. The normalized spacial score (nSPS) is 13.3. The van der Waals surface area contributed by atoms with E-state index in [1.54, 1.807) is 19.3 Å². The van der Waals surface area contributed by atoms with Crippen molar-refractivity contribution in [2.24, 2.45) is 11.1 Å². The molecule has 0 unspecified atom stereocenters. The fraction of sp³-hybridized carbons (Fsp3) is 0.500. The van der Waals surface area contributed by atoms with Crippen molar-refractivity contribution in [2.75, 3.05) is 11.9 Å². The number of carbonyl (C=O) groups is 1. The first-order valence-corrected chi connectivity index (χ1v) is 5.28. The number of aromatic nitrogens is 1. The molecule has 0 fully saturated rings. The summed E-state index contributed by atoms with van der Waals surface area (Å²) in [6.07, 6.45) is 1.65. The molecule has 1 rings (SSSR count). The predicted octanol–water partition coefficient (Wildman–Crippen LogP) is 1.42. The number of pyridine rings is 1. The Morgan fingerprint density at radius 2 is 2.06 bits per heavy atom. The molecule has 0 saturated carbocycles. The zero-order valence-electron chi connectivity index (χ0n) is 10.3. The van der Waals surface area contributed by atoms with Crippen molar-refractivity contribution < 1.29 is 4.79 Å². The summed E-state index contributed by atoms with van der Waals surface area (Å²) in [6.45, 7) is 5.84. The van der Waals surface area contributed by atoms with Gasteiger partial charge < -0.3 is 5.73 Å². The lowest BCUT2D eigenvalue weighted by molar-refractivity contribution is -0.121. The molecule has 1 aromatic heterocycles. The van der Waals surface area contributed by atoms with Crippen LogP contribution in [0.5, 0.6) is 0 Å². The van der Waals surface area contributed by atoms with E-state index in [0.29, 0.717) is 5.82 Å². The van der Waals surface area contributed by atoms with Crippen LogP contribution in [0.15, 0.2) is 24.4 Å². The molecule has 0 radical (unpaired) electrons. The van der Waals surface area contributed by atoms with Crippen molar-refractivity contribution in [1.82, 2.24) is 4.98 Å². The number of hydrogen-bond acceptors (Lipinski definition) is 3. The molecule has 0 saturated heterocycles. The van der Waals surface area contributed by atoms with Crippen LogP contribution in [0, 0.1) is 5.41 Å². The molecule has 0 spiro atoms. The fourth-order valence-corrected chi connectivity index (χ4v) is 1.24. The van der Waals surface area contributed by atoms with Crippen molar-refractivity contribution in [3.8, 4) is 0 Å². The standard InChI is InChI=1S/C12H19N3O/c1-12(2,3)10(13)11(16)15(4)9-7-5-6-8-14-9/h5-8,10H,13H2,1-4H3/t10-/m0/s1. The van der Waals surface area contributed by atoms with Gasteiger partial charge in [0.05, 0.1) is 6.04 Å². The van der Waals surface area contributed by atoms with E-state index in [4.69, 9.17) is 5.73 Å². The van der Waals surface area contributed by atoms with E-state index in [9.17, 15) is 4.79 Å². The van der Waals surface area contributed by atoms with E-state index < -0.39 is 6.04 Å². The first-order chi connectivity index (χ1) is 7.34. The molecular formula is C12H19N3O. The molecular weight excluding hydrogens is 202 g/mol. The van der Waals surface area contributed by atoms with Gasteiger partial charge in [0, 0.05) is 13.2 Å². The van der Waals surface area contributed by atoms with Crippen LogP contribution < -0.4 is 10.6 Å². The molecule has 1 aromatic rings. The average molecular weight is 221 g/mol. The lowest BCUT2D eigenvalue weighted by atomic mass is 9.86. The first-order valence-electron chi connectivity index (χ1n) is 5.28. The highest BCUT2D eigenvalue weighted by molar-refractivity contribution is 5.96. The molecule has 2 N–H and O–H groups in total. The van der Waals surface area contributed by atoms with Crippen LogP contribution in [0.4, 0.5) is 5.82 Å². The molecule has 0 aliphatic heterocycles. The van der Waals surface area contributed by atoms with Crippen LogP contribution in [0.25, 0.3) is 0 Å². The Hall–Kier alpha value is -1.42. The summed E-state index contributed by atoms with van der Waals surface area (Å²) >= 11 is 0. The lowest BCUT2D eigenvalue weighted by Gasteiger charge is -2.29. The number of amides is 1. The van der Waals surface area contributed by atoms with Crippen molar-refractivity contribution in [3.63, 3.8) is 0 Å². The largest absolute Gasteiger partial charge is 0.319 e. The topological polar surface area (TPSA) is 59.2 Å².